The van der Waals surface area contributed by atoms with E-state index in [2.05, 4.69) is 36.5 Å². The van der Waals surface area contributed by atoms with E-state index in [9.17, 15) is 20.1 Å². The monoisotopic (exact) mass is 549 g/mol. The fourth-order valence-corrected chi connectivity index (χ4v) is 4.73. The van der Waals surface area contributed by atoms with Gasteiger partial charge >= 0.3 is 0 Å². The zero-order valence-electron chi connectivity index (χ0n) is 25.5. The molecular formula is C34H63NO4. The van der Waals surface area contributed by atoms with Gasteiger partial charge in [0.1, 0.15) is 0 Å². The molecule has 3 unspecified atom stereocenters. The maximum atomic E-state index is 12.3. The minimum absolute atomic E-state index is 0.00352. The Bertz CT molecular complexity index is 616. The van der Waals surface area contributed by atoms with Crippen molar-refractivity contribution >= 4 is 5.91 Å². The van der Waals surface area contributed by atoms with Crippen LogP contribution in [0.5, 0.6) is 0 Å². The van der Waals surface area contributed by atoms with Crippen LogP contribution in [-0.2, 0) is 4.79 Å². The Morgan fingerprint density at radius 3 is 1.64 bits per heavy atom. The molecule has 0 heterocycles. The molecule has 39 heavy (non-hydrogen) atoms. The van der Waals surface area contributed by atoms with Crippen molar-refractivity contribution in [3.63, 3.8) is 0 Å². The number of unbranched alkanes of at least 4 members (excludes halogenated alkanes) is 16. The molecule has 3 atom stereocenters. The molecule has 0 aliphatic rings. The van der Waals surface area contributed by atoms with Crippen LogP contribution < -0.4 is 5.32 Å². The molecule has 1 amide bonds. The van der Waals surface area contributed by atoms with E-state index in [0.717, 1.165) is 38.5 Å². The Labute approximate surface area is 241 Å². The third-order valence-electron chi connectivity index (χ3n) is 7.25. The Kier molecular flexibility index (Phi) is 28.5. The maximum absolute atomic E-state index is 12.3. The molecule has 5 heteroatoms. The van der Waals surface area contributed by atoms with Crippen LogP contribution in [-0.4, -0.2) is 46.1 Å². The number of hydrogen-bond acceptors (Lipinski definition) is 4. The predicted molar refractivity (Wildman–Crippen MR) is 167 cm³/mol. The van der Waals surface area contributed by atoms with Gasteiger partial charge in [0, 0.05) is 0 Å². The minimum atomic E-state index is -0.953. The summed E-state index contributed by atoms with van der Waals surface area (Å²) in [6, 6.07) is -0.761. The van der Waals surface area contributed by atoms with Gasteiger partial charge in [0.05, 0.1) is 31.3 Å². The number of amides is 1. The summed E-state index contributed by atoms with van der Waals surface area (Å²) in [6.07, 6.45) is 34.3. The van der Waals surface area contributed by atoms with Crippen LogP contribution in [0.2, 0.25) is 0 Å². The molecule has 0 radical (unpaired) electrons. The van der Waals surface area contributed by atoms with Gasteiger partial charge in [0.25, 0.3) is 0 Å². The number of carbonyl (C=O) groups is 1. The molecule has 0 bridgehead atoms. The average Bonchev–Trinajstić information content (AvgIpc) is 2.92. The Morgan fingerprint density at radius 1 is 0.692 bits per heavy atom. The molecule has 0 aromatic carbocycles. The summed E-state index contributed by atoms with van der Waals surface area (Å²) in [5, 5.41) is 32.8. The Hall–Kier alpha value is -1.43. The zero-order chi connectivity index (χ0) is 28.8. The highest BCUT2D eigenvalue weighted by molar-refractivity contribution is 5.76. The van der Waals surface area contributed by atoms with Gasteiger partial charge in [-0.1, -0.05) is 140 Å². The average molecular weight is 550 g/mol. The Balaban J connectivity index is 3.76. The SMILES string of the molecule is C/C=C/CC/C=C/CC/C=C/C(O)C(CO)NC(=O)CC(O)CCCCCCCCCCCCCCCCC. The van der Waals surface area contributed by atoms with Crippen LogP contribution in [0.15, 0.2) is 36.5 Å². The number of hydrogen-bond donors (Lipinski definition) is 4. The second kappa shape index (κ2) is 29.6. The lowest BCUT2D eigenvalue weighted by molar-refractivity contribution is -0.124. The van der Waals surface area contributed by atoms with Crippen molar-refractivity contribution in [2.45, 2.75) is 167 Å². The second-order valence-corrected chi connectivity index (χ2v) is 11.1. The lowest BCUT2D eigenvalue weighted by atomic mass is 10.0. The quantitative estimate of drug-likeness (QED) is 0.0586. The summed E-state index contributed by atoms with van der Waals surface area (Å²) in [7, 11) is 0. The van der Waals surface area contributed by atoms with Gasteiger partial charge in [0.15, 0.2) is 0 Å². The van der Waals surface area contributed by atoms with Crippen molar-refractivity contribution in [1.29, 1.82) is 0 Å². The smallest absolute Gasteiger partial charge is 0.222 e. The molecular weight excluding hydrogens is 486 g/mol. The summed E-state index contributed by atoms with van der Waals surface area (Å²) < 4.78 is 0. The number of rotatable bonds is 28. The van der Waals surface area contributed by atoms with Crippen LogP contribution in [0, 0.1) is 0 Å². The highest BCUT2D eigenvalue weighted by Crippen LogP contribution is 2.14. The first-order chi connectivity index (χ1) is 19.0. The highest BCUT2D eigenvalue weighted by Gasteiger charge is 2.20. The van der Waals surface area contributed by atoms with Crippen LogP contribution in [0.25, 0.3) is 0 Å². The minimum Gasteiger partial charge on any atom is -0.394 e. The lowest BCUT2D eigenvalue weighted by Gasteiger charge is -2.21. The van der Waals surface area contributed by atoms with Gasteiger partial charge in [-0.05, 0) is 39.0 Å². The van der Waals surface area contributed by atoms with Crippen molar-refractivity contribution < 1.29 is 20.1 Å². The van der Waals surface area contributed by atoms with Crippen molar-refractivity contribution in [3.8, 4) is 0 Å². The highest BCUT2D eigenvalue weighted by atomic mass is 16.3. The molecule has 0 fully saturated rings. The van der Waals surface area contributed by atoms with E-state index >= 15 is 0 Å². The molecule has 0 rings (SSSR count). The molecule has 0 aromatic rings. The lowest BCUT2D eigenvalue weighted by Crippen LogP contribution is -2.45. The normalized spacial score (nSPS) is 14.5. The first-order valence-corrected chi connectivity index (χ1v) is 16.2. The van der Waals surface area contributed by atoms with E-state index in [4.69, 9.17) is 0 Å². The van der Waals surface area contributed by atoms with E-state index in [1.807, 2.05) is 13.0 Å². The summed E-state index contributed by atoms with van der Waals surface area (Å²) in [6.45, 7) is 3.94. The van der Waals surface area contributed by atoms with Crippen LogP contribution in [0.1, 0.15) is 149 Å². The third kappa shape index (κ3) is 26.6. The van der Waals surface area contributed by atoms with E-state index in [1.54, 1.807) is 6.08 Å². The van der Waals surface area contributed by atoms with Gasteiger partial charge in [0.2, 0.25) is 5.91 Å². The second-order valence-electron chi connectivity index (χ2n) is 11.1. The number of aliphatic hydroxyl groups excluding tert-OH is 3. The molecule has 0 spiro atoms. The van der Waals surface area contributed by atoms with E-state index < -0.39 is 18.2 Å². The third-order valence-corrected chi connectivity index (χ3v) is 7.25. The molecule has 5 nitrogen and oxygen atoms in total. The number of nitrogens with one attached hydrogen (secondary N) is 1. The predicted octanol–water partition coefficient (Wildman–Crippen LogP) is 8.09. The zero-order valence-corrected chi connectivity index (χ0v) is 25.5. The maximum Gasteiger partial charge on any atom is 0.222 e. The van der Waals surface area contributed by atoms with Gasteiger partial charge < -0.3 is 20.6 Å². The number of allylic oxidation sites excluding steroid dienone is 5. The fraction of sp³-hybridized carbons (Fsp3) is 0.794. The van der Waals surface area contributed by atoms with Gasteiger partial charge in [-0.2, -0.15) is 0 Å². The summed E-state index contributed by atoms with van der Waals surface area (Å²) in [4.78, 5) is 12.3. The standard InChI is InChI=1S/C34H63NO4/c1-3-5-7-9-11-13-14-15-16-17-18-20-21-23-25-27-31(37)29-34(39)35-32(30-36)33(38)28-26-24-22-19-12-10-8-6-4-2/h4,6,12,19,26,28,31-33,36-38H,3,5,7-11,13-18,20-25,27,29-30H2,1-2H3,(H,35,39)/b6-4+,19-12+,28-26+. The van der Waals surface area contributed by atoms with Crippen LogP contribution >= 0.6 is 0 Å². The van der Waals surface area contributed by atoms with E-state index in [-0.39, 0.29) is 18.9 Å². The first-order valence-electron chi connectivity index (χ1n) is 16.2. The topological polar surface area (TPSA) is 89.8 Å². The Morgan fingerprint density at radius 2 is 1.15 bits per heavy atom. The first kappa shape index (κ1) is 37.6. The van der Waals surface area contributed by atoms with Crippen molar-refractivity contribution in [2.24, 2.45) is 0 Å². The van der Waals surface area contributed by atoms with Crippen LogP contribution in [0.4, 0.5) is 0 Å². The van der Waals surface area contributed by atoms with Crippen molar-refractivity contribution in [2.75, 3.05) is 6.61 Å². The summed E-state index contributed by atoms with van der Waals surface area (Å²) >= 11 is 0. The number of carbonyl (C=O) groups excluding carboxylic acids is 1. The molecule has 0 saturated heterocycles. The largest absolute Gasteiger partial charge is 0.394 e. The van der Waals surface area contributed by atoms with Crippen molar-refractivity contribution in [1.82, 2.24) is 5.32 Å². The van der Waals surface area contributed by atoms with Gasteiger partial charge in [-0.15, -0.1) is 0 Å². The molecule has 228 valence electrons. The van der Waals surface area contributed by atoms with E-state index in [0.29, 0.717) is 6.42 Å². The summed E-state index contributed by atoms with van der Waals surface area (Å²) in [5.41, 5.74) is 0. The van der Waals surface area contributed by atoms with Gasteiger partial charge in [-0.3, -0.25) is 4.79 Å². The van der Waals surface area contributed by atoms with E-state index in [1.165, 1.54) is 83.5 Å². The molecule has 0 saturated carbocycles. The molecule has 4 N–H and O–H groups in total. The van der Waals surface area contributed by atoms with Crippen LogP contribution in [0.3, 0.4) is 0 Å². The van der Waals surface area contributed by atoms with Crippen molar-refractivity contribution in [3.05, 3.63) is 36.5 Å². The fourth-order valence-electron chi connectivity index (χ4n) is 4.73. The summed E-state index contributed by atoms with van der Waals surface area (Å²) in [5.74, 6) is -0.334. The van der Waals surface area contributed by atoms with Gasteiger partial charge in [-0.25, -0.2) is 0 Å². The molecule has 0 aliphatic carbocycles. The molecule has 0 aromatic heterocycles. The molecule has 0 aliphatic heterocycles. The number of aliphatic hydroxyl groups is 3.